The van der Waals surface area contributed by atoms with Gasteiger partial charge in [-0.15, -0.1) is 9.24 Å². The first-order chi connectivity index (χ1) is 16.5. The molecule has 0 saturated carbocycles. The van der Waals surface area contributed by atoms with Crippen LogP contribution >= 0.6 is 17.2 Å². The van der Waals surface area contributed by atoms with Gasteiger partial charge in [0.15, 0.2) is 0 Å². The van der Waals surface area contributed by atoms with Crippen LogP contribution in [0.5, 0.6) is 0 Å². The maximum Gasteiger partial charge on any atom is 0.0902 e. The van der Waals surface area contributed by atoms with E-state index in [1.807, 2.05) is 24.5 Å². The number of hydrogen-bond donors (Lipinski definition) is 0. The van der Waals surface area contributed by atoms with E-state index in [2.05, 4.69) is 118 Å². The Balaban J connectivity index is 1.90. The summed E-state index contributed by atoms with van der Waals surface area (Å²) in [6.07, 6.45) is 9.84. The van der Waals surface area contributed by atoms with Gasteiger partial charge in [0.25, 0.3) is 0 Å². The second kappa shape index (κ2) is 10.1. The lowest BCUT2D eigenvalue weighted by molar-refractivity contribution is 0.667. The molecule has 0 radical (unpaired) electrons. The summed E-state index contributed by atoms with van der Waals surface area (Å²) in [6, 6.07) is 23.2. The van der Waals surface area contributed by atoms with Gasteiger partial charge in [0.1, 0.15) is 0 Å². The van der Waals surface area contributed by atoms with Crippen LogP contribution in [0.15, 0.2) is 96.8 Å². The lowest BCUT2D eigenvalue weighted by Gasteiger charge is -2.44. The van der Waals surface area contributed by atoms with Crippen molar-refractivity contribution in [3.05, 3.63) is 114 Å². The van der Waals surface area contributed by atoms with Crippen molar-refractivity contribution >= 4 is 22.7 Å². The van der Waals surface area contributed by atoms with Gasteiger partial charge in [0, 0.05) is 18.3 Å². The van der Waals surface area contributed by atoms with Crippen LogP contribution < -0.4 is 0 Å². The van der Waals surface area contributed by atoms with Gasteiger partial charge in [-0.3, -0.25) is 9.97 Å². The number of pyridine rings is 2. The number of hydrogen-bond acceptors (Lipinski definition) is 2. The lowest BCUT2D eigenvalue weighted by atomic mass is 9.84. The number of nitrogens with zero attached hydrogens (tertiary/aromatic N) is 2. The molecule has 0 aliphatic heterocycles. The molecular weight excluding hydrogens is 462 g/mol. The van der Waals surface area contributed by atoms with E-state index in [9.17, 15) is 0 Å². The first-order valence-corrected chi connectivity index (χ1v) is 14.5. The van der Waals surface area contributed by atoms with Crippen LogP contribution in [0.25, 0.3) is 5.57 Å². The molecule has 2 atom stereocenters. The van der Waals surface area contributed by atoms with Gasteiger partial charge in [-0.05, 0) is 57.4 Å². The average molecular weight is 501 g/mol. The molecule has 1 aliphatic rings. The summed E-state index contributed by atoms with van der Waals surface area (Å²) in [5.41, 5.74) is 5.94. The summed E-state index contributed by atoms with van der Waals surface area (Å²) >= 11 is 0. The van der Waals surface area contributed by atoms with Crippen molar-refractivity contribution in [3.63, 3.8) is 0 Å². The Morgan fingerprint density at radius 3 is 1.71 bits per heavy atom. The van der Waals surface area contributed by atoms with Gasteiger partial charge in [-0.2, -0.15) is 0 Å². The summed E-state index contributed by atoms with van der Waals surface area (Å²) < 4.78 is 0. The fourth-order valence-corrected chi connectivity index (χ4v) is 9.81. The van der Waals surface area contributed by atoms with Crippen molar-refractivity contribution in [2.45, 2.75) is 57.0 Å². The predicted molar refractivity (Wildman–Crippen MR) is 156 cm³/mol. The summed E-state index contributed by atoms with van der Waals surface area (Å²) in [5, 5.41) is 0.000131. The van der Waals surface area contributed by atoms with Crippen molar-refractivity contribution in [2.75, 3.05) is 6.16 Å². The molecule has 4 heteroatoms. The van der Waals surface area contributed by atoms with E-state index in [0.29, 0.717) is 5.92 Å². The number of benzene rings is 1. The number of rotatable bonds is 6. The van der Waals surface area contributed by atoms with E-state index < -0.39 is 5.16 Å². The van der Waals surface area contributed by atoms with E-state index in [1.54, 1.807) is 0 Å². The predicted octanol–water partition coefficient (Wildman–Crippen LogP) is 8.31. The smallest absolute Gasteiger partial charge is 0.0902 e. The molecule has 3 aromatic rings. The summed E-state index contributed by atoms with van der Waals surface area (Å²) in [5.74, 6) is 0.302. The van der Waals surface area contributed by atoms with Gasteiger partial charge < -0.3 is 0 Å². The van der Waals surface area contributed by atoms with E-state index in [0.717, 1.165) is 17.5 Å². The SMILES string of the molecule is CC(C)(C)P(CC1C=C(c2ccccc2)C=C1C(P)(c1ccccn1)c1ccccn1)C(C)(C)C. The highest BCUT2D eigenvalue weighted by atomic mass is 31.1. The highest BCUT2D eigenvalue weighted by Crippen LogP contribution is 2.62. The minimum absolute atomic E-state index is 0.252. The Kier molecular flexibility index (Phi) is 7.47. The molecule has 2 heterocycles. The zero-order valence-electron chi connectivity index (χ0n) is 21.9. The minimum Gasteiger partial charge on any atom is -0.260 e. The monoisotopic (exact) mass is 500 g/mol. The van der Waals surface area contributed by atoms with Crippen molar-refractivity contribution in [3.8, 4) is 0 Å². The Morgan fingerprint density at radius 2 is 1.26 bits per heavy atom. The number of aromatic nitrogens is 2. The van der Waals surface area contributed by atoms with E-state index in [1.165, 1.54) is 16.7 Å². The van der Waals surface area contributed by atoms with Crippen molar-refractivity contribution in [2.24, 2.45) is 5.92 Å². The van der Waals surface area contributed by atoms with Crippen LogP contribution in [0.4, 0.5) is 0 Å². The van der Waals surface area contributed by atoms with Gasteiger partial charge in [0.2, 0.25) is 0 Å². The molecule has 0 spiro atoms. The average Bonchev–Trinajstić information content (AvgIpc) is 3.27. The first kappa shape index (κ1) is 25.9. The molecule has 0 saturated heterocycles. The maximum absolute atomic E-state index is 4.86. The van der Waals surface area contributed by atoms with Crippen LogP contribution in [0.1, 0.15) is 58.5 Å². The highest BCUT2D eigenvalue weighted by Gasteiger charge is 2.44. The molecule has 0 N–H and O–H groups in total. The Morgan fingerprint density at radius 1 is 0.743 bits per heavy atom. The highest BCUT2D eigenvalue weighted by molar-refractivity contribution is 7.60. The van der Waals surface area contributed by atoms with Gasteiger partial charge in [-0.1, -0.05) is 104 Å². The van der Waals surface area contributed by atoms with E-state index in [4.69, 9.17) is 9.97 Å². The third-order valence-corrected chi connectivity index (χ3v) is 11.7. The third-order valence-electron chi connectivity index (χ3n) is 6.79. The fourth-order valence-electron chi connectivity index (χ4n) is 5.37. The third kappa shape index (κ3) is 5.50. The van der Waals surface area contributed by atoms with Gasteiger partial charge in [0.05, 0.1) is 16.5 Å². The molecule has 2 aromatic heterocycles. The van der Waals surface area contributed by atoms with Crippen molar-refractivity contribution in [1.82, 2.24) is 9.97 Å². The number of allylic oxidation sites excluding steroid dienone is 4. The fraction of sp³-hybridized carbons (Fsp3) is 0.355. The maximum atomic E-state index is 4.86. The van der Waals surface area contributed by atoms with Gasteiger partial charge >= 0.3 is 0 Å². The van der Waals surface area contributed by atoms with Crippen LogP contribution in [0, 0.1) is 5.92 Å². The van der Waals surface area contributed by atoms with Crippen LogP contribution in [-0.2, 0) is 5.16 Å². The van der Waals surface area contributed by atoms with Crippen LogP contribution in [0.2, 0.25) is 0 Å². The molecule has 2 unspecified atom stereocenters. The quantitative estimate of drug-likeness (QED) is 0.318. The van der Waals surface area contributed by atoms with Crippen LogP contribution in [0.3, 0.4) is 0 Å². The van der Waals surface area contributed by atoms with E-state index >= 15 is 0 Å². The Hall–Kier alpha value is -2.14. The topological polar surface area (TPSA) is 25.8 Å². The molecule has 182 valence electrons. The summed E-state index contributed by atoms with van der Waals surface area (Å²) in [4.78, 5) is 9.72. The largest absolute Gasteiger partial charge is 0.260 e. The Labute approximate surface area is 215 Å². The lowest BCUT2D eigenvalue weighted by Crippen LogP contribution is -2.32. The molecular formula is C31H38N2P2. The molecule has 35 heavy (non-hydrogen) atoms. The second-order valence-corrected chi connectivity index (χ2v) is 16.2. The summed E-state index contributed by atoms with van der Waals surface area (Å²) in [6.45, 7) is 14.5. The van der Waals surface area contributed by atoms with Gasteiger partial charge in [-0.25, -0.2) is 0 Å². The van der Waals surface area contributed by atoms with E-state index in [-0.39, 0.29) is 18.2 Å². The second-order valence-electron chi connectivity index (χ2n) is 11.4. The normalized spacial score (nSPS) is 16.9. The zero-order valence-corrected chi connectivity index (χ0v) is 23.9. The van der Waals surface area contributed by atoms with Crippen LogP contribution in [-0.4, -0.2) is 26.4 Å². The minimum atomic E-state index is -0.503. The summed E-state index contributed by atoms with van der Waals surface area (Å²) in [7, 11) is 2.88. The molecule has 0 amide bonds. The first-order valence-electron chi connectivity index (χ1n) is 12.4. The molecule has 2 nitrogen and oxygen atoms in total. The molecule has 1 aliphatic carbocycles. The Bertz CT molecular complexity index is 1130. The zero-order chi connectivity index (χ0) is 25.3. The molecule has 1 aromatic carbocycles. The molecule has 4 rings (SSSR count). The van der Waals surface area contributed by atoms with Crippen molar-refractivity contribution < 1.29 is 0 Å². The standard InChI is InChI=1S/C31H38N2P2/c1-29(2,3)35(30(4,5)6)22-25-20-24(23-14-8-7-9-15-23)21-26(25)31(34,27-16-10-12-18-32-27)28-17-11-13-19-33-28/h7-21,25H,22,34H2,1-6H3. The molecule has 0 fully saturated rings. The van der Waals surface area contributed by atoms with Crippen molar-refractivity contribution in [1.29, 1.82) is 0 Å². The molecule has 0 bridgehead atoms.